The summed E-state index contributed by atoms with van der Waals surface area (Å²) < 4.78 is 0.832. The molecular formula is C15H19BrN4O3. The van der Waals surface area contributed by atoms with Crippen LogP contribution in [0, 0.1) is 6.92 Å². The molecule has 0 aromatic heterocycles. The standard InChI is InChI=1S/C15H19BrN4O3/c1-4-15(3)13(22)20(14(23)18-15)19-12(21)8-17-11-6-5-9(2)7-10(11)16/h5-7,17H,4,8H2,1-3H3,(H,18,23)(H,19,21). The Morgan fingerprint density at radius 1 is 1.39 bits per heavy atom. The smallest absolute Gasteiger partial charge is 0.344 e. The molecule has 0 spiro atoms. The summed E-state index contributed by atoms with van der Waals surface area (Å²) in [4.78, 5) is 36.0. The number of anilines is 1. The average Bonchev–Trinajstić information content (AvgIpc) is 2.70. The molecule has 1 heterocycles. The topological polar surface area (TPSA) is 90.5 Å². The number of amides is 4. The fourth-order valence-electron chi connectivity index (χ4n) is 2.13. The zero-order valence-electron chi connectivity index (χ0n) is 13.2. The van der Waals surface area contributed by atoms with Crippen molar-refractivity contribution in [3.63, 3.8) is 0 Å². The summed E-state index contributed by atoms with van der Waals surface area (Å²) in [7, 11) is 0. The molecule has 4 amide bonds. The molecule has 1 atom stereocenters. The lowest BCUT2D eigenvalue weighted by Crippen LogP contribution is -2.50. The van der Waals surface area contributed by atoms with E-state index < -0.39 is 23.4 Å². The molecule has 1 saturated heterocycles. The molecule has 23 heavy (non-hydrogen) atoms. The van der Waals surface area contributed by atoms with Gasteiger partial charge in [-0.3, -0.25) is 15.0 Å². The fourth-order valence-corrected chi connectivity index (χ4v) is 2.76. The molecule has 0 bridgehead atoms. The van der Waals surface area contributed by atoms with Gasteiger partial charge in [0, 0.05) is 10.2 Å². The van der Waals surface area contributed by atoms with Crippen LogP contribution in [0.2, 0.25) is 0 Å². The first-order chi connectivity index (χ1) is 10.8. The van der Waals surface area contributed by atoms with Crippen molar-refractivity contribution in [1.29, 1.82) is 0 Å². The number of imide groups is 1. The van der Waals surface area contributed by atoms with Gasteiger partial charge in [-0.1, -0.05) is 13.0 Å². The van der Waals surface area contributed by atoms with E-state index >= 15 is 0 Å². The second kappa shape index (κ2) is 6.57. The zero-order chi connectivity index (χ0) is 17.2. The second-order valence-electron chi connectivity index (χ2n) is 5.63. The van der Waals surface area contributed by atoms with E-state index in [0.29, 0.717) is 6.42 Å². The Labute approximate surface area is 142 Å². The Balaban J connectivity index is 1.95. The number of hydrogen-bond donors (Lipinski definition) is 3. The first kappa shape index (κ1) is 17.3. The third-order valence-electron chi connectivity index (χ3n) is 3.77. The summed E-state index contributed by atoms with van der Waals surface area (Å²) in [6.07, 6.45) is 0.443. The highest BCUT2D eigenvalue weighted by molar-refractivity contribution is 9.10. The minimum Gasteiger partial charge on any atom is -0.375 e. The molecule has 0 aliphatic carbocycles. The molecule has 1 unspecified atom stereocenters. The number of carbonyl (C=O) groups excluding carboxylic acids is 3. The molecule has 3 N–H and O–H groups in total. The van der Waals surface area contributed by atoms with Crippen LogP contribution in [0.5, 0.6) is 0 Å². The minimum atomic E-state index is -0.974. The van der Waals surface area contributed by atoms with E-state index in [2.05, 4.69) is 32.0 Å². The lowest BCUT2D eigenvalue weighted by molar-refractivity contribution is -0.138. The predicted octanol–water partition coefficient (Wildman–Crippen LogP) is 1.92. The lowest BCUT2D eigenvalue weighted by Gasteiger charge is -2.19. The van der Waals surface area contributed by atoms with Gasteiger partial charge < -0.3 is 10.6 Å². The molecule has 1 fully saturated rings. The summed E-state index contributed by atoms with van der Waals surface area (Å²) in [6.45, 7) is 5.31. The van der Waals surface area contributed by atoms with Crippen LogP contribution in [-0.2, 0) is 9.59 Å². The quantitative estimate of drug-likeness (QED) is 0.678. The van der Waals surface area contributed by atoms with E-state index in [9.17, 15) is 14.4 Å². The Kier molecular flexibility index (Phi) is 4.93. The van der Waals surface area contributed by atoms with E-state index in [1.54, 1.807) is 13.8 Å². The third kappa shape index (κ3) is 3.64. The van der Waals surface area contributed by atoms with Gasteiger partial charge in [-0.25, -0.2) is 4.79 Å². The van der Waals surface area contributed by atoms with Crippen molar-refractivity contribution in [2.75, 3.05) is 11.9 Å². The molecule has 1 aliphatic heterocycles. The highest BCUT2D eigenvalue weighted by atomic mass is 79.9. The van der Waals surface area contributed by atoms with Gasteiger partial charge in [0.05, 0.1) is 6.54 Å². The van der Waals surface area contributed by atoms with Gasteiger partial charge in [0.2, 0.25) is 0 Å². The van der Waals surface area contributed by atoms with Gasteiger partial charge in [-0.05, 0) is 53.9 Å². The molecule has 2 rings (SSSR count). The number of halogens is 1. The van der Waals surface area contributed by atoms with Crippen LogP contribution in [0.1, 0.15) is 25.8 Å². The van der Waals surface area contributed by atoms with E-state index in [-0.39, 0.29) is 6.54 Å². The number of aryl methyl sites for hydroxylation is 1. The van der Waals surface area contributed by atoms with Crippen LogP contribution in [0.3, 0.4) is 0 Å². The fraction of sp³-hybridized carbons (Fsp3) is 0.400. The van der Waals surface area contributed by atoms with Crippen molar-refractivity contribution in [2.45, 2.75) is 32.7 Å². The van der Waals surface area contributed by atoms with E-state index in [1.807, 2.05) is 25.1 Å². The molecule has 0 saturated carbocycles. The van der Waals surface area contributed by atoms with Crippen LogP contribution in [0.4, 0.5) is 10.5 Å². The Morgan fingerprint density at radius 3 is 2.65 bits per heavy atom. The zero-order valence-corrected chi connectivity index (χ0v) is 14.8. The van der Waals surface area contributed by atoms with Crippen molar-refractivity contribution < 1.29 is 14.4 Å². The number of hydrazine groups is 1. The number of nitrogens with zero attached hydrogens (tertiary/aromatic N) is 1. The van der Waals surface area contributed by atoms with Gasteiger partial charge in [0.1, 0.15) is 5.54 Å². The molecule has 7 nitrogen and oxygen atoms in total. The van der Waals surface area contributed by atoms with Crippen LogP contribution >= 0.6 is 15.9 Å². The third-order valence-corrected chi connectivity index (χ3v) is 4.42. The molecule has 8 heteroatoms. The highest BCUT2D eigenvalue weighted by Gasteiger charge is 2.47. The van der Waals surface area contributed by atoms with Crippen molar-refractivity contribution in [2.24, 2.45) is 0 Å². The van der Waals surface area contributed by atoms with Crippen molar-refractivity contribution in [3.05, 3.63) is 28.2 Å². The average molecular weight is 383 g/mol. The Hall–Kier alpha value is -2.09. The maximum absolute atomic E-state index is 12.2. The Morgan fingerprint density at radius 2 is 2.09 bits per heavy atom. The molecule has 1 aromatic carbocycles. The Bertz CT molecular complexity index is 664. The van der Waals surface area contributed by atoms with Crippen LogP contribution in [0.15, 0.2) is 22.7 Å². The van der Waals surface area contributed by atoms with Crippen molar-refractivity contribution in [3.8, 4) is 0 Å². The largest absolute Gasteiger partial charge is 0.375 e. The van der Waals surface area contributed by atoms with Crippen LogP contribution in [-0.4, -0.2) is 34.9 Å². The van der Waals surface area contributed by atoms with E-state index in [0.717, 1.165) is 20.7 Å². The summed E-state index contributed by atoms with van der Waals surface area (Å²) >= 11 is 3.41. The van der Waals surface area contributed by atoms with Crippen LogP contribution < -0.4 is 16.1 Å². The number of rotatable bonds is 5. The second-order valence-corrected chi connectivity index (χ2v) is 6.48. The predicted molar refractivity (Wildman–Crippen MR) is 89.6 cm³/mol. The number of hydrogen-bond acceptors (Lipinski definition) is 4. The summed E-state index contributed by atoms with van der Waals surface area (Å²) in [5.74, 6) is -0.948. The van der Waals surface area contributed by atoms with Gasteiger partial charge in [-0.2, -0.15) is 5.01 Å². The first-order valence-electron chi connectivity index (χ1n) is 7.23. The molecule has 0 radical (unpaired) electrons. The number of nitrogens with one attached hydrogen (secondary N) is 3. The number of benzene rings is 1. The van der Waals surface area contributed by atoms with Gasteiger partial charge in [0.15, 0.2) is 0 Å². The first-order valence-corrected chi connectivity index (χ1v) is 8.02. The van der Waals surface area contributed by atoms with Crippen LogP contribution in [0.25, 0.3) is 0 Å². The summed E-state index contributed by atoms with van der Waals surface area (Å²) in [5, 5.41) is 6.25. The van der Waals surface area contributed by atoms with E-state index in [1.165, 1.54) is 0 Å². The molecule has 124 valence electrons. The summed E-state index contributed by atoms with van der Waals surface area (Å²) in [6, 6.07) is 5.05. The van der Waals surface area contributed by atoms with Gasteiger partial charge in [0.25, 0.3) is 11.8 Å². The van der Waals surface area contributed by atoms with E-state index in [4.69, 9.17) is 0 Å². The maximum Gasteiger partial charge on any atom is 0.344 e. The maximum atomic E-state index is 12.2. The normalized spacial score (nSPS) is 20.4. The van der Waals surface area contributed by atoms with Crippen molar-refractivity contribution in [1.82, 2.24) is 15.8 Å². The molecule has 1 aromatic rings. The molecule has 1 aliphatic rings. The number of carbonyl (C=O) groups is 3. The highest BCUT2D eigenvalue weighted by Crippen LogP contribution is 2.23. The summed E-state index contributed by atoms with van der Waals surface area (Å²) in [5.41, 5.74) is 3.19. The monoisotopic (exact) mass is 382 g/mol. The molecular weight excluding hydrogens is 364 g/mol. The SMILES string of the molecule is CCC1(C)NC(=O)N(NC(=O)CNc2ccc(C)cc2Br)C1=O. The minimum absolute atomic E-state index is 0.0679. The van der Waals surface area contributed by atoms with Gasteiger partial charge >= 0.3 is 6.03 Å². The number of urea groups is 1. The van der Waals surface area contributed by atoms with Gasteiger partial charge in [-0.15, -0.1) is 0 Å². The lowest BCUT2D eigenvalue weighted by atomic mass is 10.00. The van der Waals surface area contributed by atoms with Crippen molar-refractivity contribution >= 4 is 39.5 Å².